The SMILES string of the molecule is C=CCOC(=O)[C@H](CC(=O)[C@H](Cc1cn(C)c2ccccc12)NC(=O)[C@H](CC(=O)OC(C)(C)C)NC(=O)Oc1ccccc1)C(C)C. The van der Waals surface area contributed by atoms with Gasteiger partial charge in [0.1, 0.15) is 24.0 Å². The van der Waals surface area contributed by atoms with Crippen LogP contribution in [-0.4, -0.2) is 58.6 Å². The minimum absolute atomic E-state index is 0.00348. The van der Waals surface area contributed by atoms with Crippen molar-refractivity contribution in [1.29, 1.82) is 0 Å². The monoisotopic (exact) mass is 647 g/mol. The van der Waals surface area contributed by atoms with Crippen molar-refractivity contribution in [3.8, 4) is 5.75 Å². The van der Waals surface area contributed by atoms with Gasteiger partial charge in [-0.25, -0.2) is 4.79 Å². The maximum Gasteiger partial charge on any atom is 0.413 e. The van der Waals surface area contributed by atoms with E-state index in [1.54, 1.807) is 51.1 Å². The zero-order valence-corrected chi connectivity index (χ0v) is 27.9. The first-order valence-corrected chi connectivity index (χ1v) is 15.6. The highest BCUT2D eigenvalue weighted by Gasteiger charge is 2.34. The third-order valence-corrected chi connectivity index (χ3v) is 7.33. The first-order valence-electron chi connectivity index (χ1n) is 15.6. The van der Waals surface area contributed by atoms with E-state index < -0.39 is 59.7 Å². The fourth-order valence-electron chi connectivity index (χ4n) is 5.05. The highest BCUT2D eigenvalue weighted by molar-refractivity contribution is 5.96. The quantitative estimate of drug-likeness (QED) is 0.172. The number of Topliss-reactive ketones (excluding diaryl/α,β-unsaturated/α-hetero) is 1. The summed E-state index contributed by atoms with van der Waals surface area (Å²) in [5, 5.41) is 6.10. The molecule has 11 nitrogen and oxygen atoms in total. The predicted octanol–water partition coefficient (Wildman–Crippen LogP) is 5.06. The molecule has 252 valence electrons. The Kier molecular flexibility index (Phi) is 12.9. The first kappa shape index (κ1) is 36.5. The third-order valence-electron chi connectivity index (χ3n) is 7.33. The van der Waals surface area contributed by atoms with Gasteiger partial charge in [-0.3, -0.25) is 19.2 Å². The summed E-state index contributed by atoms with van der Waals surface area (Å²) in [7, 11) is 1.88. The van der Waals surface area contributed by atoms with Crippen LogP contribution >= 0.6 is 0 Å². The van der Waals surface area contributed by atoms with Gasteiger partial charge in [0.2, 0.25) is 5.91 Å². The summed E-state index contributed by atoms with van der Waals surface area (Å²) in [6, 6.07) is 13.3. The average Bonchev–Trinajstić information content (AvgIpc) is 3.31. The molecule has 0 aliphatic heterocycles. The van der Waals surface area contributed by atoms with E-state index in [0.29, 0.717) is 0 Å². The lowest BCUT2D eigenvalue weighted by Gasteiger charge is -2.26. The number of amides is 2. The molecule has 2 aromatic carbocycles. The number of benzene rings is 2. The normalized spacial score (nSPS) is 13.3. The van der Waals surface area contributed by atoms with Gasteiger partial charge in [0.15, 0.2) is 5.78 Å². The van der Waals surface area contributed by atoms with Gasteiger partial charge in [0.05, 0.1) is 18.4 Å². The number of carbonyl (C=O) groups is 5. The maximum atomic E-state index is 14.0. The van der Waals surface area contributed by atoms with Crippen molar-refractivity contribution in [2.45, 2.75) is 71.6 Å². The molecule has 11 heteroatoms. The fraction of sp³-hybridized carbons (Fsp3) is 0.417. The van der Waals surface area contributed by atoms with Crippen LogP contribution in [0, 0.1) is 11.8 Å². The number of para-hydroxylation sites is 2. The second-order valence-corrected chi connectivity index (χ2v) is 12.7. The summed E-state index contributed by atoms with van der Waals surface area (Å²) >= 11 is 0. The van der Waals surface area contributed by atoms with Gasteiger partial charge in [-0.2, -0.15) is 0 Å². The molecule has 0 unspecified atom stereocenters. The van der Waals surface area contributed by atoms with Crippen LogP contribution in [0.25, 0.3) is 10.9 Å². The molecule has 47 heavy (non-hydrogen) atoms. The van der Waals surface area contributed by atoms with E-state index in [4.69, 9.17) is 14.2 Å². The summed E-state index contributed by atoms with van der Waals surface area (Å²) in [5.41, 5.74) is 0.875. The Morgan fingerprint density at radius 3 is 2.21 bits per heavy atom. The topological polar surface area (TPSA) is 142 Å². The number of rotatable bonds is 15. The van der Waals surface area contributed by atoms with Crippen molar-refractivity contribution < 1.29 is 38.2 Å². The minimum Gasteiger partial charge on any atom is -0.461 e. The van der Waals surface area contributed by atoms with Gasteiger partial charge < -0.3 is 29.4 Å². The highest BCUT2D eigenvalue weighted by atomic mass is 16.6. The van der Waals surface area contributed by atoms with Crippen LogP contribution in [0.1, 0.15) is 53.0 Å². The number of hydrogen-bond acceptors (Lipinski definition) is 8. The van der Waals surface area contributed by atoms with Gasteiger partial charge in [-0.15, -0.1) is 0 Å². The Bertz CT molecular complexity index is 1570. The van der Waals surface area contributed by atoms with Gasteiger partial charge >= 0.3 is 18.0 Å². The largest absolute Gasteiger partial charge is 0.461 e. The maximum absolute atomic E-state index is 14.0. The summed E-state index contributed by atoms with van der Waals surface area (Å²) in [4.78, 5) is 66.3. The molecule has 3 atom stereocenters. The number of ether oxygens (including phenoxy) is 3. The number of nitrogens with zero attached hydrogens (tertiary/aromatic N) is 1. The van der Waals surface area contributed by atoms with E-state index in [1.165, 1.54) is 6.08 Å². The van der Waals surface area contributed by atoms with E-state index >= 15 is 0 Å². The van der Waals surface area contributed by atoms with Crippen molar-refractivity contribution >= 4 is 40.6 Å². The van der Waals surface area contributed by atoms with Crippen molar-refractivity contribution in [3.63, 3.8) is 0 Å². The molecule has 0 radical (unpaired) electrons. The summed E-state index contributed by atoms with van der Waals surface area (Å²) in [6.07, 6.45) is 1.71. The number of esters is 2. The zero-order chi connectivity index (χ0) is 34.7. The van der Waals surface area contributed by atoms with Crippen LogP contribution in [0.2, 0.25) is 0 Å². The molecule has 2 amide bonds. The average molecular weight is 648 g/mol. The molecular weight excluding hydrogens is 602 g/mol. The number of fused-ring (bicyclic) bond motifs is 1. The van der Waals surface area contributed by atoms with Crippen molar-refractivity contribution in [1.82, 2.24) is 15.2 Å². The zero-order valence-electron chi connectivity index (χ0n) is 27.9. The molecule has 0 spiro atoms. The van der Waals surface area contributed by atoms with E-state index in [9.17, 15) is 24.0 Å². The number of hydrogen-bond donors (Lipinski definition) is 2. The van der Waals surface area contributed by atoms with Crippen LogP contribution in [0.5, 0.6) is 5.75 Å². The number of aromatic nitrogens is 1. The lowest BCUT2D eigenvalue weighted by Crippen LogP contribution is -2.54. The molecule has 0 saturated heterocycles. The molecule has 0 bridgehead atoms. The highest BCUT2D eigenvalue weighted by Crippen LogP contribution is 2.24. The second kappa shape index (κ2) is 16.6. The molecule has 3 rings (SSSR count). The number of aryl methyl sites for hydroxylation is 1. The van der Waals surface area contributed by atoms with Gasteiger partial charge in [-0.1, -0.05) is 62.9 Å². The second-order valence-electron chi connectivity index (χ2n) is 12.7. The van der Waals surface area contributed by atoms with E-state index in [0.717, 1.165) is 16.5 Å². The molecule has 2 N–H and O–H groups in total. The van der Waals surface area contributed by atoms with E-state index in [-0.39, 0.29) is 31.1 Å². The van der Waals surface area contributed by atoms with E-state index in [1.807, 2.05) is 55.9 Å². The van der Waals surface area contributed by atoms with Crippen LogP contribution in [0.15, 0.2) is 73.4 Å². The number of carbonyl (C=O) groups excluding carboxylic acids is 5. The standard InChI is InChI=1S/C36H45N3O8/c1-8-18-45-34(43)27(23(2)3)20-31(40)28(19-24-22-39(7)30-17-13-12-16-26(24)30)37-33(42)29(21-32(41)47-36(4,5)6)38-35(44)46-25-14-10-9-11-15-25/h8-17,22-23,27-29H,1,18-21H2,2-7H3,(H,37,42)(H,38,44)/t27-,28+,29+/m1/s1. The fourth-order valence-corrected chi connectivity index (χ4v) is 5.05. The molecule has 3 aromatic rings. The Balaban J connectivity index is 1.93. The summed E-state index contributed by atoms with van der Waals surface area (Å²) in [6.45, 7) is 12.2. The predicted molar refractivity (Wildman–Crippen MR) is 178 cm³/mol. The van der Waals surface area contributed by atoms with Crippen molar-refractivity contribution in [2.75, 3.05) is 6.61 Å². The molecule has 0 aliphatic carbocycles. The molecule has 0 aliphatic rings. The Morgan fingerprint density at radius 1 is 0.915 bits per heavy atom. The molecular formula is C36H45N3O8. The first-order chi connectivity index (χ1) is 22.2. The molecule has 0 fully saturated rings. The van der Waals surface area contributed by atoms with Crippen LogP contribution < -0.4 is 15.4 Å². The minimum atomic E-state index is -1.44. The Morgan fingerprint density at radius 2 is 1.57 bits per heavy atom. The third kappa shape index (κ3) is 11.1. The number of ketones is 1. The van der Waals surface area contributed by atoms with Gasteiger partial charge in [0, 0.05) is 37.0 Å². The summed E-state index contributed by atoms with van der Waals surface area (Å²) < 4.78 is 17.9. The van der Waals surface area contributed by atoms with Crippen molar-refractivity contribution in [3.05, 3.63) is 79.0 Å². The van der Waals surface area contributed by atoms with Crippen molar-refractivity contribution in [2.24, 2.45) is 18.9 Å². The molecule has 1 heterocycles. The van der Waals surface area contributed by atoms with Crippen LogP contribution in [0.4, 0.5) is 4.79 Å². The smallest absolute Gasteiger partial charge is 0.413 e. The van der Waals surface area contributed by atoms with Crippen LogP contribution in [-0.2, 0) is 42.1 Å². The number of nitrogens with one attached hydrogen (secondary N) is 2. The molecule has 1 aromatic heterocycles. The Hall–Kier alpha value is -4.93. The van der Waals surface area contributed by atoms with Crippen LogP contribution in [0.3, 0.4) is 0 Å². The summed E-state index contributed by atoms with van der Waals surface area (Å²) in [5.74, 6) is -3.27. The Labute approximate surface area is 275 Å². The molecule has 0 saturated carbocycles. The van der Waals surface area contributed by atoms with E-state index in [2.05, 4.69) is 17.2 Å². The lowest BCUT2D eigenvalue weighted by atomic mass is 9.87. The van der Waals surface area contributed by atoms with Gasteiger partial charge in [0.25, 0.3) is 0 Å². The lowest BCUT2D eigenvalue weighted by molar-refractivity contribution is -0.156. The van der Waals surface area contributed by atoms with Gasteiger partial charge in [-0.05, 0) is 50.5 Å².